The second-order valence-corrected chi connectivity index (χ2v) is 8.57. The Morgan fingerprint density at radius 2 is 1.96 bits per heavy atom. The molecule has 0 radical (unpaired) electrons. The molecule has 3 fully saturated rings. The highest BCUT2D eigenvalue weighted by atomic mass is 16.3. The highest BCUT2D eigenvalue weighted by Gasteiger charge is 2.44. The molecular formula is C21H29N3O3. The summed E-state index contributed by atoms with van der Waals surface area (Å²) in [6.45, 7) is 4.33. The molecular weight excluding hydrogens is 342 g/mol. The third kappa shape index (κ3) is 3.68. The first kappa shape index (κ1) is 18.3. The summed E-state index contributed by atoms with van der Waals surface area (Å²) in [7, 11) is 2.12. The van der Waals surface area contributed by atoms with E-state index in [4.69, 9.17) is 0 Å². The maximum Gasteiger partial charge on any atom is 0.253 e. The van der Waals surface area contributed by atoms with Crippen LogP contribution in [-0.2, 0) is 4.79 Å². The van der Waals surface area contributed by atoms with Crippen molar-refractivity contribution >= 4 is 11.8 Å². The average molecular weight is 371 g/mol. The molecule has 0 bridgehead atoms. The molecule has 1 N–H and O–H groups in total. The van der Waals surface area contributed by atoms with Gasteiger partial charge in [0, 0.05) is 44.2 Å². The van der Waals surface area contributed by atoms with Gasteiger partial charge >= 0.3 is 0 Å². The lowest BCUT2D eigenvalue weighted by molar-refractivity contribution is -0.141. The van der Waals surface area contributed by atoms with Gasteiger partial charge in [-0.1, -0.05) is 6.07 Å². The lowest BCUT2D eigenvalue weighted by atomic mass is 9.72. The van der Waals surface area contributed by atoms with Crippen LogP contribution in [0.25, 0.3) is 0 Å². The topological polar surface area (TPSA) is 64.1 Å². The quantitative estimate of drug-likeness (QED) is 0.863. The number of benzene rings is 1. The molecule has 3 aliphatic rings. The monoisotopic (exact) mass is 371 g/mol. The van der Waals surface area contributed by atoms with Gasteiger partial charge in [0.2, 0.25) is 5.91 Å². The number of phenolic OH excluding ortho intramolecular Hbond substituents is 1. The summed E-state index contributed by atoms with van der Waals surface area (Å²) in [5.41, 5.74) is 0.699. The Balaban J connectivity index is 1.40. The zero-order valence-electron chi connectivity index (χ0n) is 16.1. The molecule has 4 rings (SSSR count). The van der Waals surface area contributed by atoms with Gasteiger partial charge in [0.25, 0.3) is 5.91 Å². The van der Waals surface area contributed by atoms with E-state index in [0.29, 0.717) is 23.9 Å². The van der Waals surface area contributed by atoms with E-state index < -0.39 is 0 Å². The number of likely N-dealkylation sites (N-methyl/N-ethyl adjacent to an activating group) is 1. The van der Waals surface area contributed by atoms with E-state index in [2.05, 4.69) is 16.8 Å². The average Bonchev–Trinajstić information content (AvgIpc) is 3.10. The number of piperidine rings is 2. The summed E-state index contributed by atoms with van der Waals surface area (Å²) in [5.74, 6) is 0.415. The first-order valence-electron chi connectivity index (χ1n) is 10.0. The Bertz CT molecular complexity index is 727. The van der Waals surface area contributed by atoms with Crippen molar-refractivity contribution in [3.05, 3.63) is 29.8 Å². The van der Waals surface area contributed by atoms with Crippen LogP contribution in [0.2, 0.25) is 0 Å². The molecule has 2 amide bonds. The molecule has 6 nitrogen and oxygen atoms in total. The summed E-state index contributed by atoms with van der Waals surface area (Å²) in [4.78, 5) is 31.6. The Morgan fingerprint density at radius 1 is 1.19 bits per heavy atom. The minimum Gasteiger partial charge on any atom is -0.508 e. The summed E-state index contributed by atoms with van der Waals surface area (Å²) >= 11 is 0. The predicted molar refractivity (Wildman–Crippen MR) is 103 cm³/mol. The van der Waals surface area contributed by atoms with E-state index in [1.807, 2.05) is 4.90 Å². The molecule has 3 aliphatic heterocycles. The fraction of sp³-hybridized carbons (Fsp3) is 0.619. The van der Waals surface area contributed by atoms with Crippen molar-refractivity contribution in [2.45, 2.75) is 38.1 Å². The summed E-state index contributed by atoms with van der Waals surface area (Å²) in [6.07, 6.45) is 4.55. The van der Waals surface area contributed by atoms with Crippen molar-refractivity contribution in [3.63, 3.8) is 0 Å². The fourth-order valence-electron chi connectivity index (χ4n) is 4.96. The molecule has 1 aromatic rings. The van der Waals surface area contributed by atoms with Gasteiger partial charge in [0.1, 0.15) is 5.75 Å². The molecule has 0 aromatic heterocycles. The minimum atomic E-state index is -0.0121. The predicted octanol–water partition coefficient (Wildman–Crippen LogP) is 1.94. The molecule has 1 atom stereocenters. The van der Waals surface area contributed by atoms with Crippen LogP contribution in [0.3, 0.4) is 0 Å². The fourth-order valence-corrected chi connectivity index (χ4v) is 4.96. The largest absolute Gasteiger partial charge is 0.508 e. The minimum absolute atomic E-state index is 0.0121. The van der Waals surface area contributed by atoms with Gasteiger partial charge in [-0.2, -0.15) is 0 Å². The number of rotatable bonds is 2. The van der Waals surface area contributed by atoms with Gasteiger partial charge in [0.15, 0.2) is 0 Å². The number of phenols is 1. The van der Waals surface area contributed by atoms with Crippen LogP contribution in [-0.4, -0.2) is 77.4 Å². The second kappa shape index (κ2) is 7.15. The number of amides is 2. The lowest BCUT2D eigenvalue weighted by Crippen LogP contribution is -2.55. The standard InChI is InChI=1S/C21H29N3O3/c1-22-10-6-17(14-22)24-15-21(7-5-19(24)26)8-11-23(12-9-21)20(27)16-3-2-4-18(25)13-16/h2-4,13,17,25H,5-12,14-15H2,1H3/t17-/m1/s1. The normalized spacial score (nSPS) is 26.0. The molecule has 0 saturated carbocycles. The first-order chi connectivity index (χ1) is 13.0. The molecule has 146 valence electrons. The number of carbonyl (C=O) groups excluding carboxylic acids is 2. The third-order valence-corrected chi connectivity index (χ3v) is 6.71. The van der Waals surface area contributed by atoms with E-state index >= 15 is 0 Å². The van der Waals surface area contributed by atoms with E-state index in [-0.39, 0.29) is 17.1 Å². The van der Waals surface area contributed by atoms with Crippen LogP contribution >= 0.6 is 0 Å². The van der Waals surface area contributed by atoms with Crippen LogP contribution in [0.15, 0.2) is 24.3 Å². The Kier molecular flexibility index (Phi) is 4.84. The van der Waals surface area contributed by atoms with E-state index in [0.717, 1.165) is 58.4 Å². The number of hydrogen-bond donors (Lipinski definition) is 1. The molecule has 0 aliphatic carbocycles. The van der Waals surface area contributed by atoms with E-state index in [1.54, 1.807) is 18.2 Å². The molecule has 1 aromatic carbocycles. The molecule has 3 heterocycles. The molecule has 3 saturated heterocycles. The van der Waals surface area contributed by atoms with Crippen LogP contribution < -0.4 is 0 Å². The van der Waals surface area contributed by atoms with Crippen molar-refractivity contribution in [2.75, 3.05) is 39.8 Å². The molecule has 0 unspecified atom stereocenters. The number of hydrogen-bond acceptors (Lipinski definition) is 4. The van der Waals surface area contributed by atoms with Crippen LogP contribution in [0, 0.1) is 5.41 Å². The Morgan fingerprint density at radius 3 is 2.63 bits per heavy atom. The first-order valence-corrected chi connectivity index (χ1v) is 10.0. The van der Waals surface area contributed by atoms with Crippen LogP contribution in [0.4, 0.5) is 0 Å². The smallest absolute Gasteiger partial charge is 0.253 e. The van der Waals surface area contributed by atoms with Crippen LogP contribution in [0.5, 0.6) is 5.75 Å². The maximum atomic E-state index is 12.7. The zero-order valence-corrected chi connectivity index (χ0v) is 16.1. The highest BCUT2D eigenvalue weighted by molar-refractivity contribution is 5.94. The maximum absolute atomic E-state index is 12.7. The molecule has 1 spiro atoms. The van der Waals surface area contributed by atoms with Crippen molar-refractivity contribution in [1.29, 1.82) is 0 Å². The summed E-state index contributed by atoms with van der Waals surface area (Å²) < 4.78 is 0. The zero-order chi connectivity index (χ0) is 19.0. The number of likely N-dealkylation sites (tertiary alicyclic amines) is 3. The molecule has 6 heteroatoms. The Labute approximate surface area is 160 Å². The Hall–Kier alpha value is -2.08. The van der Waals surface area contributed by atoms with Gasteiger partial charge in [-0.25, -0.2) is 0 Å². The number of aromatic hydroxyl groups is 1. The number of nitrogens with zero attached hydrogens (tertiary/aromatic N) is 3. The van der Waals surface area contributed by atoms with Crippen molar-refractivity contribution < 1.29 is 14.7 Å². The van der Waals surface area contributed by atoms with Crippen molar-refractivity contribution in [2.24, 2.45) is 5.41 Å². The van der Waals surface area contributed by atoms with Gasteiger partial charge < -0.3 is 19.8 Å². The summed E-state index contributed by atoms with van der Waals surface area (Å²) in [6, 6.07) is 6.92. The number of carbonyl (C=O) groups is 2. The van der Waals surface area contributed by atoms with Crippen LogP contribution in [0.1, 0.15) is 42.5 Å². The van der Waals surface area contributed by atoms with Crippen molar-refractivity contribution in [3.8, 4) is 5.75 Å². The van der Waals surface area contributed by atoms with Gasteiger partial charge in [-0.15, -0.1) is 0 Å². The lowest BCUT2D eigenvalue weighted by Gasteiger charge is -2.49. The summed E-state index contributed by atoms with van der Waals surface area (Å²) in [5, 5.41) is 9.62. The van der Waals surface area contributed by atoms with Gasteiger partial charge in [-0.05, 0) is 62.9 Å². The SMILES string of the molecule is CN1CC[C@@H](N2CC3(CCC2=O)CCN(C(=O)c2cccc(O)c2)CC3)C1. The second-order valence-electron chi connectivity index (χ2n) is 8.57. The third-order valence-electron chi connectivity index (χ3n) is 6.71. The van der Waals surface area contributed by atoms with E-state index in [9.17, 15) is 14.7 Å². The van der Waals surface area contributed by atoms with Crippen molar-refractivity contribution in [1.82, 2.24) is 14.7 Å². The van der Waals surface area contributed by atoms with E-state index in [1.165, 1.54) is 6.07 Å². The highest BCUT2D eigenvalue weighted by Crippen LogP contribution is 2.41. The van der Waals surface area contributed by atoms with Gasteiger partial charge in [-0.3, -0.25) is 9.59 Å². The van der Waals surface area contributed by atoms with Gasteiger partial charge in [0.05, 0.1) is 0 Å². The molecule has 27 heavy (non-hydrogen) atoms.